The third kappa shape index (κ3) is 6.07. The molecule has 0 saturated carbocycles. The van der Waals surface area contributed by atoms with Gasteiger partial charge < -0.3 is 0 Å². The van der Waals surface area contributed by atoms with E-state index in [1.165, 1.54) is 0 Å². The van der Waals surface area contributed by atoms with Gasteiger partial charge in [0, 0.05) is 17.1 Å². The van der Waals surface area contributed by atoms with Gasteiger partial charge in [-0.3, -0.25) is 10.1 Å². The maximum Gasteiger partial charge on any atom is 0.269 e. The second-order valence-corrected chi connectivity index (χ2v) is 9.68. The van der Waals surface area contributed by atoms with E-state index in [0.29, 0.717) is 23.4 Å². The Hall–Kier alpha value is -2.33. The van der Waals surface area contributed by atoms with Crippen molar-refractivity contribution in [3.8, 4) is 0 Å². The van der Waals surface area contributed by atoms with Gasteiger partial charge in [-0.15, -0.1) is 10.2 Å². The van der Waals surface area contributed by atoms with Crippen molar-refractivity contribution < 1.29 is 13.2 Å². The zero-order valence-electron chi connectivity index (χ0n) is 15.6. The largest absolute Gasteiger partial charge is 0.296 e. The van der Waals surface area contributed by atoms with Crippen molar-refractivity contribution in [3.05, 3.63) is 70.2 Å². The lowest BCUT2D eigenvalue weighted by atomic mass is 10.1. The zero-order valence-corrected chi connectivity index (χ0v) is 17.9. The Morgan fingerprint density at radius 1 is 1.07 bits per heavy atom. The van der Waals surface area contributed by atoms with Crippen molar-refractivity contribution in [2.24, 2.45) is 0 Å². The Kier molecular flexibility index (Phi) is 6.96. The molecular formula is C19H19ClN4O3S2. The highest BCUT2D eigenvalue weighted by molar-refractivity contribution is 7.91. The first-order chi connectivity index (χ1) is 13.8. The van der Waals surface area contributed by atoms with Crippen LogP contribution in [0.25, 0.3) is 0 Å². The fourth-order valence-corrected chi connectivity index (χ4v) is 4.59. The van der Waals surface area contributed by atoms with Crippen LogP contribution in [0.5, 0.6) is 0 Å². The highest BCUT2D eigenvalue weighted by Crippen LogP contribution is 2.20. The molecule has 1 heterocycles. The van der Waals surface area contributed by atoms with E-state index in [9.17, 15) is 13.2 Å². The molecule has 29 heavy (non-hydrogen) atoms. The van der Waals surface area contributed by atoms with E-state index in [4.69, 9.17) is 11.6 Å². The SMILES string of the molecule is Cc1ccc(C(=O)Nc2nnc(S(=O)(=O)NCCCc3ccc(Cl)cc3)s2)cc1. The molecule has 0 spiro atoms. The molecule has 0 aliphatic rings. The predicted molar refractivity (Wildman–Crippen MR) is 114 cm³/mol. The molecule has 0 atom stereocenters. The molecule has 3 aromatic rings. The number of halogens is 1. The van der Waals surface area contributed by atoms with Crippen LogP contribution in [0.2, 0.25) is 5.02 Å². The Morgan fingerprint density at radius 3 is 2.45 bits per heavy atom. The van der Waals surface area contributed by atoms with E-state index in [1.54, 1.807) is 24.3 Å². The van der Waals surface area contributed by atoms with Crippen molar-refractivity contribution in [2.75, 3.05) is 11.9 Å². The van der Waals surface area contributed by atoms with Gasteiger partial charge in [0.25, 0.3) is 15.9 Å². The molecule has 2 N–H and O–H groups in total. The molecule has 152 valence electrons. The molecule has 1 amide bonds. The average molecular weight is 451 g/mol. The van der Waals surface area contributed by atoms with E-state index in [2.05, 4.69) is 20.2 Å². The summed E-state index contributed by atoms with van der Waals surface area (Å²) in [6.07, 6.45) is 1.34. The minimum absolute atomic E-state index is 0.122. The Morgan fingerprint density at radius 2 is 1.76 bits per heavy atom. The van der Waals surface area contributed by atoms with Crippen molar-refractivity contribution >= 4 is 44.0 Å². The third-order valence-electron chi connectivity index (χ3n) is 4.02. The summed E-state index contributed by atoms with van der Waals surface area (Å²) in [4.78, 5) is 12.2. The summed E-state index contributed by atoms with van der Waals surface area (Å²) in [6, 6.07) is 14.4. The molecule has 1 aromatic heterocycles. The van der Waals surface area contributed by atoms with E-state index >= 15 is 0 Å². The molecule has 0 bridgehead atoms. The Bertz CT molecular complexity index is 1080. The first kappa shape index (κ1) is 21.4. The van der Waals surface area contributed by atoms with Crippen LogP contribution < -0.4 is 10.0 Å². The predicted octanol–water partition coefficient (Wildman–Crippen LogP) is 3.66. The summed E-state index contributed by atoms with van der Waals surface area (Å²) >= 11 is 6.65. The normalized spacial score (nSPS) is 11.4. The summed E-state index contributed by atoms with van der Waals surface area (Å²) in [5.41, 5.74) is 2.56. The molecule has 0 fully saturated rings. The highest BCUT2D eigenvalue weighted by Gasteiger charge is 2.20. The number of carbonyl (C=O) groups is 1. The molecule has 0 saturated heterocycles. The number of hydrogen-bond donors (Lipinski definition) is 2. The lowest BCUT2D eigenvalue weighted by Crippen LogP contribution is -2.25. The van der Waals surface area contributed by atoms with Crippen LogP contribution in [0.3, 0.4) is 0 Å². The minimum atomic E-state index is -3.78. The van der Waals surface area contributed by atoms with Gasteiger partial charge in [0.2, 0.25) is 9.47 Å². The molecule has 2 aromatic carbocycles. The average Bonchev–Trinajstić information content (AvgIpc) is 3.16. The lowest BCUT2D eigenvalue weighted by molar-refractivity contribution is 0.102. The topological polar surface area (TPSA) is 101 Å². The van der Waals surface area contributed by atoms with Gasteiger partial charge in [-0.05, 0) is 49.6 Å². The van der Waals surface area contributed by atoms with Gasteiger partial charge >= 0.3 is 0 Å². The highest BCUT2D eigenvalue weighted by atomic mass is 35.5. The molecular weight excluding hydrogens is 432 g/mol. The van der Waals surface area contributed by atoms with Crippen LogP contribution in [-0.2, 0) is 16.4 Å². The maximum absolute atomic E-state index is 12.4. The monoisotopic (exact) mass is 450 g/mol. The molecule has 3 rings (SSSR count). The van der Waals surface area contributed by atoms with E-state index in [1.807, 2.05) is 31.2 Å². The van der Waals surface area contributed by atoms with Gasteiger partial charge in [-0.25, -0.2) is 13.1 Å². The molecule has 0 unspecified atom stereocenters. The van der Waals surface area contributed by atoms with E-state index in [0.717, 1.165) is 22.5 Å². The quantitative estimate of drug-likeness (QED) is 0.403. The molecule has 0 radical (unpaired) electrons. The third-order valence-corrected chi connectivity index (χ3v) is 6.94. The fraction of sp³-hybridized carbons (Fsp3) is 0.211. The van der Waals surface area contributed by atoms with Gasteiger partial charge in [0.15, 0.2) is 0 Å². The zero-order chi connectivity index (χ0) is 20.9. The molecule has 0 aliphatic heterocycles. The van der Waals surface area contributed by atoms with Crippen LogP contribution in [0.15, 0.2) is 52.9 Å². The number of benzene rings is 2. The summed E-state index contributed by atoms with van der Waals surface area (Å²) < 4.78 is 27.0. The maximum atomic E-state index is 12.4. The van der Waals surface area contributed by atoms with Crippen LogP contribution >= 0.6 is 22.9 Å². The van der Waals surface area contributed by atoms with Gasteiger partial charge in [0.05, 0.1) is 0 Å². The first-order valence-corrected chi connectivity index (χ1v) is 11.5. The van der Waals surface area contributed by atoms with Crippen LogP contribution in [0.4, 0.5) is 5.13 Å². The number of sulfonamides is 1. The lowest BCUT2D eigenvalue weighted by Gasteiger charge is -2.04. The summed E-state index contributed by atoms with van der Waals surface area (Å²) in [7, 11) is -3.78. The number of nitrogens with zero attached hydrogens (tertiary/aromatic N) is 2. The number of carbonyl (C=O) groups excluding carboxylic acids is 1. The molecule has 0 aliphatic carbocycles. The van der Waals surface area contributed by atoms with Crippen molar-refractivity contribution in [3.63, 3.8) is 0 Å². The van der Waals surface area contributed by atoms with Crippen molar-refractivity contribution in [1.29, 1.82) is 0 Å². The van der Waals surface area contributed by atoms with Gasteiger partial charge in [-0.2, -0.15) is 0 Å². The first-order valence-electron chi connectivity index (χ1n) is 8.79. The van der Waals surface area contributed by atoms with Crippen molar-refractivity contribution in [1.82, 2.24) is 14.9 Å². The van der Waals surface area contributed by atoms with E-state index < -0.39 is 10.0 Å². The van der Waals surface area contributed by atoms with Crippen LogP contribution in [0, 0.1) is 6.92 Å². The van der Waals surface area contributed by atoms with Crippen molar-refractivity contribution in [2.45, 2.75) is 24.1 Å². The van der Waals surface area contributed by atoms with Crippen LogP contribution in [-0.4, -0.2) is 31.1 Å². The Labute approximate surface area is 178 Å². The molecule has 10 heteroatoms. The number of amides is 1. The van der Waals surface area contributed by atoms with Gasteiger partial charge in [-0.1, -0.05) is 52.8 Å². The van der Waals surface area contributed by atoms with E-state index in [-0.39, 0.29) is 21.9 Å². The number of aromatic nitrogens is 2. The minimum Gasteiger partial charge on any atom is -0.296 e. The number of nitrogens with one attached hydrogen (secondary N) is 2. The number of anilines is 1. The summed E-state index contributed by atoms with van der Waals surface area (Å²) in [5.74, 6) is -0.374. The van der Waals surface area contributed by atoms with Crippen LogP contribution in [0.1, 0.15) is 27.9 Å². The second-order valence-electron chi connectivity index (χ2n) is 6.32. The number of rotatable bonds is 8. The standard InChI is InChI=1S/C19H19ClN4O3S2/c1-13-4-8-15(9-5-13)17(25)22-18-23-24-19(28-18)29(26,27)21-12-2-3-14-6-10-16(20)11-7-14/h4-11,21H,2-3,12H2,1H3,(H,22,23,25). The smallest absolute Gasteiger partial charge is 0.269 e. The second kappa shape index (κ2) is 9.45. The number of aryl methyl sites for hydroxylation is 2. The fourth-order valence-electron chi connectivity index (χ4n) is 2.45. The molecule has 7 nitrogen and oxygen atoms in total. The van der Waals surface area contributed by atoms with Gasteiger partial charge in [0.1, 0.15) is 0 Å². The summed E-state index contributed by atoms with van der Waals surface area (Å²) in [5, 5.41) is 10.8. The Balaban J connectivity index is 1.53. The summed E-state index contributed by atoms with van der Waals surface area (Å²) in [6.45, 7) is 2.18. The number of hydrogen-bond acceptors (Lipinski definition) is 6.